The molecule has 1 unspecified atom stereocenters. The molecule has 0 rings (SSSR count). The standard InChI is InChI=1S/C10H23NO/c1-4-5-7-11-10(6-8-12)9(2)3/h9-12H,4-8H2,1-3H3. The van der Waals surface area contributed by atoms with Crippen LogP contribution in [0, 0.1) is 5.92 Å². The highest BCUT2D eigenvalue weighted by Crippen LogP contribution is 2.05. The van der Waals surface area contributed by atoms with Crippen molar-refractivity contribution in [1.82, 2.24) is 5.32 Å². The van der Waals surface area contributed by atoms with Gasteiger partial charge in [-0.05, 0) is 25.3 Å². The van der Waals surface area contributed by atoms with Crippen molar-refractivity contribution >= 4 is 0 Å². The molecule has 0 saturated carbocycles. The number of hydrogen-bond donors (Lipinski definition) is 2. The molecule has 0 fully saturated rings. The maximum Gasteiger partial charge on any atom is 0.0445 e. The first-order chi connectivity index (χ1) is 5.72. The third kappa shape index (κ3) is 5.56. The van der Waals surface area contributed by atoms with Crippen LogP contribution in [-0.2, 0) is 0 Å². The third-order valence-corrected chi connectivity index (χ3v) is 2.18. The van der Waals surface area contributed by atoms with Crippen molar-refractivity contribution in [2.45, 2.75) is 46.1 Å². The molecule has 0 aromatic carbocycles. The second kappa shape index (κ2) is 7.56. The summed E-state index contributed by atoms with van der Waals surface area (Å²) in [5, 5.41) is 12.3. The quantitative estimate of drug-likeness (QED) is 0.575. The van der Waals surface area contributed by atoms with Gasteiger partial charge in [0.1, 0.15) is 0 Å². The molecule has 0 aliphatic carbocycles. The fourth-order valence-electron chi connectivity index (χ4n) is 1.27. The molecule has 0 radical (unpaired) electrons. The number of nitrogens with one attached hydrogen (secondary N) is 1. The van der Waals surface area contributed by atoms with Crippen molar-refractivity contribution in [2.75, 3.05) is 13.2 Å². The summed E-state index contributed by atoms with van der Waals surface area (Å²) in [5.41, 5.74) is 0. The zero-order chi connectivity index (χ0) is 9.40. The van der Waals surface area contributed by atoms with E-state index >= 15 is 0 Å². The average Bonchev–Trinajstić information content (AvgIpc) is 2.03. The van der Waals surface area contributed by atoms with Crippen LogP contribution in [0.4, 0.5) is 0 Å². The maximum absolute atomic E-state index is 8.80. The van der Waals surface area contributed by atoms with E-state index in [-0.39, 0.29) is 0 Å². The van der Waals surface area contributed by atoms with Crippen molar-refractivity contribution in [2.24, 2.45) is 5.92 Å². The first-order valence-corrected chi connectivity index (χ1v) is 5.06. The van der Waals surface area contributed by atoms with Crippen LogP contribution >= 0.6 is 0 Å². The lowest BCUT2D eigenvalue weighted by atomic mass is 10.0. The van der Waals surface area contributed by atoms with E-state index in [1.54, 1.807) is 0 Å². The molecule has 0 aromatic heterocycles. The highest BCUT2D eigenvalue weighted by Gasteiger charge is 2.10. The molecule has 12 heavy (non-hydrogen) atoms. The number of rotatable bonds is 7. The van der Waals surface area contributed by atoms with Crippen molar-refractivity contribution in [3.63, 3.8) is 0 Å². The molecule has 0 spiro atoms. The number of hydrogen-bond acceptors (Lipinski definition) is 2. The smallest absolute Gasteiger partial charge is 0.0445 e. The number of aliphatic hydroxyl groups is 1. The van der Waals surface area contributed by atoms with Crippen LogP contribution in [0.15, 0.2) is 0 Å². The number of aliphatic hydroxyl groups excluding tert-OH is 1. The molecule has 0 bridgehead atoms. The lowest BCUT2D eigenvalue weighted by molar-refractivity contribution is 0.244. The van der Waals surface area contributed by atoms with E-state index in [1.165, 1.54) is 12.8 Å². The van der Waals surface area contributed by atoms with Gasteiger partial charge in [0, 0.05) is 12.6 Å². The van der Waals surface area contributed by atoms with Gasteiger partial charge in [-0.1, -0.05) is 27.2 Å². The molecule has 2 N–H and O–H groups in total. The largest absolute Gasteiger partial charge is 0.396 e. The van der Waals surface area contributed by atoms with Gasteiger partial charge >= 0.3 is 0 Å². The van der Waals surface area contributed by atoms with Crippen LogP contribution in [0.2, 0.25) is 0 Å². The fourth-order valence-corrected chi connectivity index (χ4v) is 1.27. The molecule has 0 aliphatic heterocycles. The van der Waals surface area contributed by atoms with Crippen molar-refractivity contribution in [1.29, 1.82) is 0 Å². The molecule has 2 nitrogen and oxygen atoms in total. The van der Waals surface area contributed by atoms with Crippen molar-refractivity contribution < 1.29 is 5.11 Å². The van der Waals surface area contributed by atoms with E-state index < -0.39 is 0 Å². The fraction of sp³-hybridized carbons (Fsp3) is 1.00. The van der Waals surface area contributed by atoms with Gasteiger partial charge in [-0.15, -0.1) is 0 Å². The number of unbranched alkanes of at least 4 members (excludes halogenated alkanes) is 1. The van der Waals surface area contributed by atoms with E-state index in [2.05, 4.69) is 26.1 Å². The van der Waals surface area contributed by atoms with Crippen LogP contribution in [0.3, 0.4) is 0 Å². The summed E-state index contributed by atoms with van der Waals surface area (Å²) >= 11 is 0. The monoisotopic (exact) mass is 173 g/mol. The van der Waals surface area contributed by atoms with Gasteiger partial charge in [0.15, 0.2) is 0 Å². The summed E-state index contributed by atoms with van der Waals surface area (Å²) in [4.78, 5) is 0. The summed E-state index contributed by atoms with van der Waals surface area (Å²) < 4.78 is 0. The van der Waals surface area contributed by atoms with E-state index in [1.807, 2.05) is 0 Å². The molecule has 0 amide bonds. The van der Waals surface area contributed by atoms with Crippen LogP contribution in [0.25, 0.3) is 0 Å². The van der Waals surface area contributed by atoms with Crippen LogP contribution in [0.1, 0.15) is 40.0 Å². The van der Waals surface area contributed by atoms with E-state index in [9.17, 15) is 0 Å². The molecule has 0 heterocycles. The van der Waals surface area contributed by atoms with Gasteiger partial charge in [-0.3, -0.25) is 0 Å². The normalized spacial score (nSPS) is 13.8. The lowest BCUT2D eigenvalue weighted by Gasteiger charge is -2.21. The Balaban J connectivity index is 3.49. The molecular weight excluding hydrogens is 150 g/mol. The van der Waals surface area contributed by atoms with Gasteiger partial charge < -0.3 is 10.4 Å². The minimum absolute atomic E-state index is 0.294. The molecule has 1 atom stereocenters. The summed E-state index contributed by atoms with van der Waals surface area (Å²) in [6, 6.07) is 0.488. The Morgan fingerprint density at radius 1 is 1.33 bits per heavy atom. The van der Waals surface area contributed by atoms with Gasteiger partial charge in [-0.2, -0.15) is 0 Å². The van der Waals surface area contributed by atoms with Crippen LogP contribution < -0.4 is 5.32 Å². The Hall–Kier alpha value is -0.0800. The Kier molecular flexibility index (Phi) is 7.51. The predicted molar refractivity (Wildman–Crippen MR) is 53.2 cm³/mol. The maximum atomic E-state index is 8.80. The molecular formula is C10H23NO. The topological polar surface area (TPSA) is 32.3 Å². The summed E-state index contributed by atoms with van der Waals surface area (Å²) in [6.07, 6.45) is 3.34. The third-order valence-electron chi connectivity index (χ3n) is 2.18. The van der Waals surface area contributed by atoms with E-state index in [4.69, 9.17) is 5.11 Å². The molecule has 2 heteroatoms. The first kappa shape index (κ1) is 11.9. The Morgan fingerprint density at radius 2 is 2.00 bits per heavy atom. The zero-order valence-electron chi connectivity index (χ0n) is 8.64. The van der Waals surface area contributed by atoms with Crippen molar-refractivity contribution in [3.05, 3.63) is 0 Å². The average molecular weight is 173 g/mol. The molecule has 0 aliphatic rings. The Morgan fingerprint density at radius 3 is 2.42 bits per heavy atom. The van der Waals surface area contributed by atoms with Gasteiger partial charge in [0.25, 0.3) is 0 Å². The van der Waals surface area contributed by atoms with Gasteiger partial charge in [-0.25, -0.2) is 0 Å². The summed E-state index contributed by atoms with van der Waals surface area (Å²) in [5.74, 6) is 0.619. The highest BCUT2D eigenvalue weighted by molar-refractivity contribution is 4.69. The lowest BCUT2D eigenvalue weighted by Crippen LogP contribution is -2.35. The van der Waals surface area contributed by atoms with Gasteiger partial charge in [0.05, 0.1) is 0 Å². The van der Waals surface area contributed by atoms with E-state index in [0.717, 1.165) is 13.0 Å². The zero-order valence-corrected chi connectivity index (χ0v) is 8.64. The molecule has 0 aromatic rings. The molecule has 74 valence electrons. The first-order valence-electron chi connectivity index (χ1n) is 5.06. The minimum atomic E-state index is 0.294. The van der Waals surface area contributed by atoms with Crippen molar-refractivity contribution in [3.8, 4) is 0 Å². The Bertz CT molecular complexity index is 93.8. The van der Waals surface area contributed by atoms with E-state index in [0.29, 0.717) is 18.6 Å². The summed E-state index contributed by atoms with van der Waals surface area (Å²) in [6.45, 7) is 7.96. The van der Waals surface area contributed by atoms with Gasteiger partial charge in [0.2, 0.25) is 0 Å². The minimum Gasteiger partial charge on any atom is -0.396 e. The highest BCUT2D eigenvalue weighted by atomic mass is 16.3. The predicted octanol–water partition coefficient (Wildman–Crippen LogP) is 1.78. The van der Waals surface area contributed by atoms with Crippen LogP contribution in [0.5, 0.6) is 0 Å². The summed E-state index contributed by atoms with van der Waals surface area (Å²) in [7, 11) is 0. The van der Waals surface area contributed by atoms with Crippen LogP contribution in [-0.4, -0.2) is 24.3 Å². The second-order valence-electron chi connectivity index (χ2n) is 3.67. The Labute approximate surface area is 76.4 Å². The SMILES string of the molecule is CCCCNC(CCO)C(C)C. The molecule has 0 saturated heterocycles. The second-order valence-corrected chi connectivity index (χ2v) is 3.67.